The summed E-state index contributed by atoms with van der Waals surface area (Å²) in [6.07, 6.45) is 2.58. The Hall–Kier alpha value is -1.62. The van der Waals surface area contributed by atoms with E-state index in [4.69, 9.17) is 16.3 Å². The summed E-state index contributed by atoms with van der Waals surface area (Å²) in [4.78, 5) is 0. The molecule has 6 heteroatoms. The first kappa shape index (κ1) is 11.9. The Morgan fingerprint density at radius 2 is 2.24 bits per heavy atom. The van der Waals surface area contributed by atoms with Gasteiger partial charge in [-0.25, -0.2) is 0 Å². The predicted octanol–water partition coefficient (Wildman–Crippen LogP) is 2.04. The van der Waals surface area contributed by atoms with Gasteiger partial charge in [0.1, 0.15) is 5.75 Å². The Balaban J connectivity index is 1.96. The molecular formula is C11H13ClN4O. The number of halogens is 1. The molecule has 90 valence electrons. The van der Waals surface area contributed by atoms with Gasteiger partial charge in [0.05, 0.1) is 7.11 Å². The summed E-state index contributed by atoms with van der Waals surface area (Å²) in [7, 11) is 1.66. The van der Waals surface area contributed by atoms with Crippen LogP contribution in [0.3, 0.4) is 0 Å². The summed E-state index contributed by atoms with van der Waals surface area (Å²) in [5.41, 5.74) is 1.10. The quantitative estimate of drug-likeness (QED) is 0.885. The van der Waals surface area contributed by atoms with Crippen molar-refractivity contribution in [3.63, 3.8) is 0 Å². The molecule has 1 aromatic carbocycles. The van der Waals surface area contributed by atoms with Crippen molar-refractivity contribution >= 4 is 11.6 Å². The van der Waals surface area contributed by atoms with Crippen LogP contribution in [-0.4, -0.2) is 27.7 Å². The van der Waals surface area contributed by atoms with Gasteiger partial charge in [-0.3, -0.25) is 0 Å². The molecule has 0 unspecified atom stereocenters. The van der Waals surface area contributed by atoms with Crippen LogP contribution in [0.4, 0.5) is 0 Å². The first-order chi connectivity index (χ1) is 8.29. The lowest BCUT2D eigenvalue weighted by Crippen LogP contribution is -1.95. The van der Waals surface area contributed by atoms with Crippen LogP contribution in [0.5, 0.6) is 5.75 Å². The van der Waals surface area contributed by atoms with Gasteiger partial charge in [-0.1, -0.05) is 16.8 Å². The molecule has 5 nitrogen and oxygen atoms in total. The summed E-state index contributed by atoms with van der Waals surface area (Å²) in [6.45, 7) is 0. The Morgan fingerprint density at radius 3 is 2.94 bits per heavy atom. The van der Waals surface area contributed by atoms with Gasteiger partial charge in [0.25, 0.3) is 0 Å². The fourth-order valence-corrected chi connectivity index (χ4v) is 1.86. The average Bonchev–Trinajstić information content (AvgIpc) is 2.82. The SMILES string of the molecule is COc1ccc(Cl)cc1CCCc1nn[nH]n1. The van der Waals surface area contributed by atoms with E-state index in [-0.39, 0.29) is 0 Å². The Bertz CT molecular complexity index is 472. The van der Waals surface area contributed by atoms with Crippen molar-refractivity contribution < 1.29 is 4.74 Å². The molecule has 0 fully saturated rings. The molecule has 1 N–H and O–H groups in total. The molecule has 2 rings (SSSR count). The molecule has 0 aliphatic rings. The van der Waals surface area contributed by atoms with Crippen LogP contribution >= 0.6 is 11.6 Å². The molecule has 0 aliphatic carbocycles. The highest BCUT2D eigenvalue weighted by molar-refractivity contribution is 6.30. The van der Waals surface area contributed by atoms with Crippen LogP contribution < -0.4 is 4.74 Å². The number of aromatic nitrogens is 4. The molecule has 0 atom stereocenters. The third-order valence-electron chi connectivity index (χ3n) is 2.48. The van der Waals surface area contributed by atoms with E-state index >= 15 is 0 Å². The van der Waals surface area contributed by atoms with Gasteiger partial charge >= 0.3 is 0 Å². The lowest BCUT2D eigenvalue weighted by atomic mass is 10.1. The van der Waals surface area contributed by atoms with Crippen LogP contribution in [-0.2, 0) is 12.8 Å². The van der Waals surface area contributed by atoms with Crippen molar-refractivity contribution in [1.82, 2.24) is 20.6 Å². The number of nitrogens with zero attached hydrogens (tertiary/aromatic N) is 3. The summed E-state index contributed by atoms with van der Waals surface area (Å²) in [5, 5.41) is 14.5. The smallest absolute Gasteiger partial charge is 0.174 e. The number of tetrazole rings is 1. The molecule has 0 spiro atoms. The number of hydrogen-bond donors (Lipinski definition) is 1. The Labute approximate surface area is 104 Å². The van der Waals surface area contributed by atoms with Gasteiger partial charge in [0, 0.05) is 11.4 Å². The Morgan fingerprint density at radius 1 is 1.35 bits per heavy atom. The first-order valence-electron chi connectivity index (χ1n) is 5.34. The second-order valence-electron chi connectivity index (χ2n) is 3.64. The van der Waals surface area contributed by atoms with Crippen molar-refractivity contribution in [1.29, 1.82) is 0 Å². The van der Waals surface area contributed by atoms with Crippen molar-refractivity contribution in [3.05, 3.63) is 34.6 Å². The minimum absolute atomic E-state index is 0.723. The predicted molar refractivity (Wildman–Crippen MR) is 64.2 cm³/mol. The van der Waals surface area contributed by atoms with Crippen molar-refractivity contribution in [3.8, 4) is 5.75 Å². The van der Waals surface area contributed by atoms with Crippen LogP contribution in [0.1, 0.15) is 17.8 Å². The number of aryl methyl sites for hydroxylation is 2. The number of ether oxygens (including phenoxy) is 1. The van der Waals surface area contributed by atoms with E-state index in [1.165, 1.54) is 0 Å². The zero-order chi connectivity index (χ0) is 12.1. The normalized spacial score (nSPS) is 10.5. The lowest BCUT2D eigenvalue weighted by molar-refractivity contribution is 0.409. The van der Waals surface area contributed by atoms with Crippen molar-refractivity contribution in [2.75, 3.05) is 7.11 Å². The topological polar surface area (TPSA) is 63.7 Å². The standard InChI is InChI=1S/C11H13ClN4O/c1-17-10-6-5-9(12)7-8(10)3-2-4-11-13-15-16-14-11/h5-7H,2-4H2,1H3,(H,13,14,15,16). The molecule has 0 radical (unpaired) electrons. The van der Waals surface area contributed by atoms with Crippen LogP contribution in [0.25, 0.3) is 0 Å². The van der Waals surface area contributed by atoms with E-state index in [1.54, 1.807) is 7.11 Å². The van der Waals surface area contributed by atoms with Gasteiger partial charge in [-0.15, -0.1) is 10.2 Å². The molecular weight excluding hydrogens is 240 g/mol. The fourth-order valence-electron chi connectivity index (χ4n) is 1.67. The first-order valence-corrected chi connectivity index (χ1v) is 5.72. The van der Waals surface area contributed by atoms with E-state index < -0.39 is 0 Å². The van der Waals surface area contributed by atoms with Crippen LogP contribution in [0.2, 0.25) is 5.02 Å². The van der Waals surface area contributed by atoms with Gasteiger partial charge in [-0.05, 0) is 36.6 Å². The minimum Gasteiger partial charge on any atom is -0.496 e. The third-order valence-corrected chi connectivity index (χ3v) is 2.71. The third kappa shape index (κ3) is 3.17. The molecule has 0 saturated carbocycles. The number of nitrogens with one attached hydrogen (secondary N) is 1. The highest BCUT2D eigenvalue weighted by atomic mass is 35.5. The van der Waals surface area contributed by atoms with Crippen molar-refractivity contribution in [2.24, 2.45) is 0 Å². The molecule has 1 aromatic heterocycles. The second-order valence-corrected chi connectivity index (χ2v) is 4.07. The number of rotatable bonds is 5. The van der Waals surface area contributed by atoms with E-state index in [0.29, 0.717) is 0 Å². The second kappa shape index (κ2) is 5.63. The van der Waals surface area contributed by atoms with Gasteiger partial charge < -0.3 is 4.74 Å². The molecule has 0 saturated heterocycles. The van der Waals surface area contributed by atoms with E-state index in [1.807, 2.05) is 18.2 Å². The van der Waals surface area contributed by atoms with E-state index in [9.17, 15) is 0 Å². The van der Waals surface area contributed by atoms with Crippen molar-refractivity contribution in [2.45, 2.75) is 19.3 Å². The average molecular weight is 253 g/mol. The number of hydrogen-bond acceptors (Lipinski definition) is 4. The van der Waals surface area contributed by atoms with E-state index in [0.717, 1.165) is 41.4 Å². The number of methoxy groups -OCH3 is 1. The minimum atomic E-state index is 0.723. The number of aromatic amines is 1. The van der Waals surface area contributed by atoms with Gasteiger partial charge in [0.15, 0.2) is 5.82 Å². The molecule has 1 heterocycles. The molecule has 0 amide bonds. The monoisotopic (exact) mass is 252 g/mol. The maximum Gasteiger partial charge on any atom is 0.174 e. The summed E-state index contributed by atoms with van der Waals surface area (Å²) < 4.78 is 5.28. The molecule has 2 aromatic rings. The molecule has 17 heavy (non-hydrogen) atoms. The summed E-state index contributed by atoms with van der Waals surface area (Å²) in [5.74, 6) is 1.59. The zero-order valence-corrected chi connectivity index (χ0v) is 10.2. The maximum atomic E-state index is 5.96. The Kier molecular flexibility index (Phi) is 3.93. The molecule has 0 aliphatic heterocycles. The number of H-pyrrole nitrogens is 1. The number of benzene rings is 1. The van der Waals surface area contributed by atoms with Gasteiger partial charge in [0.2, 0.25) is 0 Å². The fraction of sp³-hybridized carbons (Fsp3) is 0.364. The largest absolute Gasteiger partial charge is 0.496 e. The highest BCUT2D eigenvalue weighted by Crippen LogP contribution is 2.24. The summed E-state index contributed by atoms with van der Waals surface area (Å²) >= 11 is 5.96. The van der Waals surface area contributed by atoms with Gasteiger partial charge in [-0.2, -0.15) is 5.21 Å². The zero-order valence-electron chi connectivity index (χ0n) is 9.48. The van der Waals surface area contributed by atoms with E-state index in [2.05, 4.69) is 20.6 Å². The van der Waals surface area contributed by atoms with Crippen LogP contribution in [0.15, 0.2) is 18.2 Å². The maximum absolute atomic E-state index is 5.96. The highest BCUT2D eigenvalue weighted by Gasteiger charge is 2.05. The lowest BCUT2D eigenvalue weighted by Gasteiger charge is -2.08. The summed E-state index contributed by atoms with van der Waals surface area (Å²) in [6, 6.07) is 5.63. The molecule has 0 bridgehead atoms. The van der Waals surface area contributed by atoms with Crippen LogP contribution in [0, 0.1) is 0 Å².